The number of amides is 1. The van der Waals surface area contributed by atoms with Crippen molar-refractivity contribution in [1.29, 1.82) is 0 Å². The molecule has 0 aliphatic heterocycles. The number of carbonyl (C=O) groups excluding carboxylic acids is 1. The zero-order chi connectivity index (χ0) is 18.4. The van der Waals surface area contributed by atoms with E-state index < -0.39 is 0 Å². The van der Waals surface area contributed by atoms with Gasteiger partial charge in [0, 0.05) is 12.4 Å². The second kappa shape index (κ2) is 8.30. The molecule has 0 aliphatic carbocycles. The molecular formula is C22H22N2O2. The minimum atomic E-state index is -0.314. The topological polar surface area (TPSA) is 51.2 Å². The van der Waals surface area contributed by atoms with E-state index in [2.05, 4.69) is 10.3 Å². The van der Waals surface area contributed by atoms with Crippen LogP contribution in [0.1, 0.15) is 22.6 Å². The molecule has 1 heterocycles. The molecule has 132 valence electrons. The summed E-state index contributed by atoms with van der Waals surface area (Å²) in [6.07, 6.45) is 4.12. The monoisotopic (exact) mass is 346 g/mol. The molecule has 1 atom stereocenters. The molecule has 0 bridgehead atoms. The van der Waals surface area contributed by atoms with Gasteiger partial charge in [0.25, 0.3) is 0 Å². The van der Waals surface area contributed by atoms with Gasteiger partial charge in [0.05, 0.1) is 18.7 Å². The molecule has 1 amide bonds. The number of rotatable bonds is 6. The highest BCUT2D eigenvalue weighted by Gasteiger charge is 2.22. The first-order chi connectivity index (χ1) is 12.7. The molecule has 2 aromatic carbocycles. The van der Waals surface area contributed by atoms with Crippen LogP contribution in [0.4, 0.5) is 5.69 Å². The number of carbonyl (C=O) groups is 1. The van der Waals surface area contributed by atoms with Crippen LogP contribution in [0.15, 0.2) is 73.1 Å². The normalized spacial score (nSPS) is 11.6. The third-order valence-corrected chi connectivity index (χ3v) is 4.29. The van der Waals surface area contributed by atoms with Gasteiger partial charge >= 0.3 is 0 Å². The van der Waals surface area contributed by atoms with Crippen LogP contribution in [0, 0.1) is 6.92 Å². The van der Waals surface area contributed by atoms with Crippen LogP contribution < -0.4 is 10.1 Å². The van der Waals surface area contributed by atoms with Gasteiger partial charge in [0.2, 0.25) is 5.91 Å². The summed E-state index contributed by atoms with van der Waals surface area (Å²) in [5.41, 5.74) is 3.74. The number of methoxy groups -OCH3 is 1. The molecule has 26 heavy (non-hydrogen) atoms. The number of benzene rings is 2. The molecule has 0 fully saturated rings. The van der Waals surface area contributed by atoms with Crippen LogP contribution in [-0.4, -0.2) is 18.0 Å². The van der Waals surface area contributed by atoms with Crippen LogP contribution in [0.3, 0.4) is 0 Å². The van der Waals surface area contributed by atoms with Gasteiger partial charge in [-0.15, -0.1) is 0 Å². The molecule has 0 saturated heterocycles. The molecule has 1 N–H and O–H groups in total. The Morgan fingerprint density at radius 1 is 1.12 bits per heavy atom. The van der Waals surface area contributed by atoms with Gasteiger partial charge in [0.15, 0.2) is 0 Å². The highest BCUT2D eigenvalue weighted by molar-refractivity contribution is 5.97. The highest BCUT2D eigenvalue weighted by atomic mass is 16.5. The summed E-state index contributed by atoms with van der Waals surface area (Å²) >= 11 is 0. The van der Waals surface area contributed by atoms with Crippen LogP contribution in [0.5, 0.6) is 5.75 Å². The lowest BCUT2D eigenvalue weighted by Crippen LogP contribution is -2.23. The first kappa shape index (κ1) is 17.7. The molecule has 1 unspecified atom stereocenters. The van der Waals surface area contributed by atoms with Crippen LogP contribution in [0.25, 0.3) is 0 Å². The molecule has 4 nitrogen and oxygen atoms in total. The van der Waals surface area contributed by atoms with E-state index in [1.54, 1.807) is 19.5 Å². The van der Waals surface area contributed by atoms with Crippen molar-refractivity contribution in [3.05, 3.63) is 89.7 Å². The summed E-state index contributed by atoms with van der Waals surface area (Å²) in [6, 6.07) is 19.4. The number of hydrogen-bond acceptors (Lipinski definition) is 3. The highest BCUT2D eigenvalue weighted by Crippen LogP contribution is 2.28. The maximum Gasteiger partial charge on any atom is 0.232 e. The number of pyridine rings is 1. The van der Waals surface area contributed by atoms with Crippen molar-refractivity contribution in [1.82, 2.24) is 4.98 Å². The fourth-order valence-electron chi connectivity index (χ4n) is 2.94. The molecular weight excluding hydrogens is 324 g/mol. The van der Waals surface area contributed by atoms with Crippen LogP contribution >= 0.6 is 0 Å². The van der Waals surface area contributed by atoms with Crippen molar-refractivity contribution in [2.24, 2.45) is 0 Å². The maximum absolute atomic E-state index is 13.1. The third-order valence-electron chi connectivity index (χ3n) is 4.29. The second-order valence-corrected chi connectivity index (χ2v) is 6.22. The van der Waals surface area contributed by atoms with Gasteiger partial charge in [0.1, 0.15) is 5.75 Å². The smallest absolute Gasteiger partial charge is 0.232 e. The van der Waals surface area contributed by atoms with Gasteiger partial charge < -0.3 is 10.1 Å². The number of nitrogens with one attached hydrogen (secondary N) is 1. The lowest BCUT2D eigenvalue weighted by Gasteiger charge is -2.19. The Morgan fingerprint density at radius 3 is 2.62 bits per heavy atom. The number of ether oxygens (including phenoxy) is 1. The SMILES string of the molecule is COc1ccc(C)cc1NC(=O)C(Cc1cccnc1)c1ccccc1. The summed E-state index contributed by atoms with van der Waals surface area (Å²) in [4.78, 5) is 17.3. The van der Waals surface area contributed by atoms with E-state index >= 15 is 0 Å². The predicted octanol–water partition coefficient (Wildman–Crippen LogP) is 4.36. The fourth-order valence-corrected chi connectivity index (χ4v) is 2.94. The van der Waals surface area contributed by atoms with Gasteiger partial charge in [-0.1, -0.05) is 42.5 Å². The largest absolute Gasteiger partial charge is 0.495 e. The lowest BCUT2D eigenvalue weighted by molar-refractivity contribution is -0.117. The van der Waals surface area contributed by atoms with Crippen molar-refractivity contribution in [2.45, 2.75) is 19.3 Å². The lowest BCUT2D eigenvalue weighted by atomic mass is 9.91. The zero-order valence-corrected chi connectivity index (χ0v) is 15.0. The molecule has 0 saturated carbocycles. The predicted molar refractivity (Wildman–Crippen MR) is 103 cm³/mol. The van der Waals surface area contributed by atoms with Crippen LogP contribution in [-0.2, 0) is 11.2 Å². The van der Waals surface area contributed by atoms with E-state index in [9.17, 15) is 4.79 Å². The quantitative estimate of drug-likeness (QED) is 0.721. The Morgan fingerprint density at radius 2 is 1.92 bits per heavy atom. The zero-order valence-electron chi connectivity index (χ0n) is 15.0. The average Bonchev–Trinajstić information content (AvgIpc) is 2.68. The van der Waals surface area contributed by atoms with E-state index in [1.165, 1.54) is 0 Å². The van der Waals surface area contributed by atoms with E-state index in [4.69, 9.17) is 4.74 Å². The summed E-state index contributed by atoms with van der Waals surface area (Å²) in [5.74, 6) is 0.270. The minimum absolute atomic E-state index is 0.0658. The van der Waals surface area contributed by atoms with E-state index in [-0.39, 0.29) is 11.8 Å². The number of nitrogens with zero attached hydrogens (tertiary/aromatic N) is 1. The summed E-state index contributed by atoms with van der Waals surface area (Å²) in [6.45, 7) is 1.99. The standard InChI is InChI=1S/C22H22N2O2/c1-16-10-11-21(26-2)20(13-16)24-22(25)19(18-8-4-3-5-9-18)14-17-7-6-12-23-15-17/h3-13,15,19H,14H2,1-2H3,(H,24,25). The van der Waals surface area contributed by atoms with Gasteiger partial charge in [-0.2, -0.15) is 0 Å². The second-order valence-electron chi connectivity index (χ2n) is 6.22. The summed E-state index contributed by atoms with van der Waals surface area (Å²) < 4.78 is 5.38. The minimum Gasteiger partial charge on any atom is -0.495 e. The van der Waals surface area contributed by atoms with E-state index in [0.717, 1.165) is 16.7 Å². The Bertz CT molecular complexity index is 864. The first-order valence-electron chi connectivity index (χ1n) is 8.56. The number of hydrogen-bond donors (Lipinski definition) is 1. The first-order valence-corrected chi connectivity index (χ1v) is 8.56. The Hall–Kier alpha value is -3.14. The summed E-state index contributed by atoms with van der Waals surface area (Å²) in [7, 11) is 1.60. The van der Waals surface area contributed by atoms with E-state index in [0.29, 0.717) is 17.9 Å². The maximum atomic E-state index is 13.1. The molecule has 1 aromatic heterocycles. The van der Waals surface area contributed by atoms with Crippen molar-refractivity contribution in [2.75, 3.05) is 12.4 Å². The number of aromatic nitrogens is 1. The molecule has 4 heteroatoms. The third kappa shape index (κ3) is 4.28. The summed E-state index contributed by atoms with van der Waals surface area (Å²) in [5, 5.41) is 3.04. The Kier molecular flexibility index (Phi) is 5.64. The van der Waals surface area contributed by atoms with Gasteiger partial charge in [-0.3, -0.25) is 9.78 Å². The van der Waals surface area contributed by atoms with Crippen LogP contribution in [0.2, 0.25) is 0 Å². The van der Waals surface area contributed by atoms with Crippen molar-refractivity contribution in [3.8, 4) is 5.75 Å². The van der Waals surface area contributed by atoms with Crippen molar-refractivity contribution < 1.29 is 9.53 Å². The van der Waals surface area contributed by atoms with Gasteiger partial charge in [-0.25, -0.2) is 0 Å². The molecule has 0 spiro atoms. The fraction of sp³-hybridized carbons (Fsp3) is 0.182. The van der Waals surface area contributed by atoms with Gasteiger partial charge in [-0.05, 0) is 48.2 Å². The number of anilines is 1. The molecule has 3 aromatic rings. The van der Waals surface area contributed by atoms with Crippen molar-refractivity contribution in [3.63, 3.8) is 0 Å². The molecule has 0 aliphatic rings. The van der Waals surface area contributed by atoms with E-state index in [1.807, 2.05) is 67.6 Å². The average molecular weight is 346 g/mol. The molecule has 3 rings (SSSR count). The van der Waals surface area contributed by atoms with Crippen molar-refractivity contribution >= 4 is 11.6 Å². The Labute approximate surface area is 153 Å². The molecule has 0 radical (unpaired) electrons. The Balaban J connectivity index is 1.89. The number of aryl methyl sites for hydroxylation is 1.